The van der Waals surface area contributed by atoms with Crippen LogP contribution in [0.3, 0.4) is 0 Å². The fraction of sp³-hybridized carbons (Fsp3) is 0.471. The fourth-order valence-corrected chi connectivity index (χ4v) is 2.24. The van der Waals surface area contributed by atoms with E-state index in [1.165, 1.54) is 0 Å². The first-order chi connectivity index (χ1) is 9.89. The molecule has 1 heterocycles. The van der Waals surface area contributed by atoms with Crippen LogP contribution >= 0.6 is 0 Å². The molecule has 21 heavy (non-hydrogen) atoms. The van der Waals surface area contributed by atoms with Crippen molar-refractivity contribution in [3.8, 4) is 5.75 Å². The van der Waals surface area contributed by atoms with Crippen molar-refractivity contribution in [2.45, 2.75) is 46.2 Å². The molecule has 0 spiro atoms. The van der Waals surface area contributed by atoms with Crippen LogP contribution in [-0.2, 0) is 11.3 Å². The van der Waals surface area contributed by atoms with E-state index in [0.717, 1.165) is 29.7 Å². The summed E-state index contributed by atoms with van der Waals surface area (Å²) in [4.78, 5) is 12.0. The van der Waals surface area contributed by atoms with Gasteiger partial charge in [-0.25, -0.2) is 0 Å². The van der Waals surface area contributed by atoms with E-state index in [1.54, 1.807) is 0 Å². The SMILES string of the molecule is CCCOc1ccc2c(ccn2CC(=O)NC(C)(C)C)c1. The third kappa shape index (κ3) is 4.25. The Kier molecular flexibility index (Phi) is 4.56. The zero-order chi connectivity index (χ0) is 15.5. The first-order valence-electron chi connectivity index (χ1n) is 7.42. The van der Waals surface area contributed by atoms with Crippen molar-refractivity contribution in [3.63, 3.8) is 0 Å². The number of hydrogen-bond donors (Lipinski definition) is 1. The predicted octanol–water partition coefficient (Wildman–Crippen LogP) is 3.34. The van der Waals surface area contributed by atoms with Crippen LogP contribution in [0.2, 0.25) is 0 Å². The number of ether oxygens (including phenoxy) is 1. The maximum absolute atomic E-state index is 12.0. The molecule has 2 rings (SSSR count). The highest BCUT2D eigenvalue weighted by Crippen LogP contribution is 2.22. The molecule has 0 atom stereocenters. The first-order valence-corrected chi connectivity index (χ1v) is 7.42. The molecule has 114 valence electrons. The van der Waals surface area contributed by atoms with Gasteiger partial charge in [-0.05, 0) is 51.5 Å². The van der Waals surface area contributed by atoms with Crippen molar-refractivity contribution < 1.29 is 9.53 Å². The van der Waals surface area contributed by atoms with E-state index >= 15 is 0 Å². The van der Waals surface area contributed by atoms with E-state index in [2.05, 4.69) is 12.2 Å². The minimum atomic E-state index is -0.207. The molecule has 2 aromatic rings. The summed E-state index contributed by atoms with van der Waals surface area (Å²) in [5.41, 5.74) is 0.837. The number of carbonyl (C=O) groups excluding carboxylic acids is 1. The molecule has 1 amide bonds. The Hall–Kier alpha value is -1.97. The fourth-order valence-electron chi connectivity index (χ4n) is 2.24. The average Bonchev–Trinajstić information content (AvgIpc) is 2.76. The molecule has 0 aliphatic carbocycles. The topological polar surface area (TPSA) is 43.3 Å². The number of aromatic nitrogens is 1. The Bertz CT molecular complexity index is 623. The summed E-state index contributed by atoms with van der Waals surface area (Å²) in [6, 6.07) is 7.99. The second-order valence-corrected chi connectivity index (χ2v) is 6.31. The molecule has 0 saturated carbocycles. The Morgan fingerprint density at radius 3 is 2.71 bits per heavy atom. The Morgan fingerprint density at radius 2 is 2.05 bits per heavy atom. The van der Waals surface area contributed by atoms with Crippen molar-refractivity contribution in [3.05, 3.63) is 30.5 Å². The lowest BCUT2D eigenvalue weighted by molar-refractivity contribution is -0.123. The average molecular weight is 288 g/mol. The van der Waals surface area contributed by atoms with Gasteiger partial charge in [0.2, 0.25) is 5.91 Å². The molecule has 1 aromatic carbocycles. The second kappa shape index (κ2) is 6.20. The molecule has 4 nitrogen and oxygen atoms in total. The van der Waals surface area contributed by atoms with Gasteiger partial charge >= 0.3 is 0 Å². The van der Waals surface area contributed by atoms with Gasteiger partial charge in [-0.1, -0.05) is 6.92 Å². The van der Waals surface area contributed by atoms with Crippen LogP contribution in [0.5, 0.6) is 5.75 Å². The van der Waals surface area contributed by atoms with E-state index < -0.39 is 0 Å². The number of carbonyl (C=O) groups is 1. The molecule has 0 radical (unpaired) electrons. The maximum Gasteiger partial charge on any atom is 0.240 e. The van der Waals surface area contributed by atoms with Crippen molar-refractivity contribution in [2.75, 3.05) is 6.61 Å². The standard InChI is InChI=1S/C17H24N2O2/c1-5-10-21-14-6-7-15-13(11-14)8-9-19(15)12-16(20)18-17(2,3)4/h6-9,11H,5,10,12H2,1-4H3,(H,18,20). The second-order valence-electron chi connectivity index (χ2n) is 6.31. The van der Waals surface area contributed by atoms with Gasteiger partial charge in [0.1, 0.15) is 12.3 Å². The summed E-state index contributed by atoms with van der Waals surface area (Å²) < 4.78 is 7.59. The first kappa shape index (κ1) is 15.4. The zero-order valence-corrected chi connectivity index (χ0v) is 13.3. The summed E-state index contributed by atoms with van der Waals surface area (Å²) in [5.74, 6) is 0.896. The lowest BCUT2D eigenvalue weighted by Crippen LogP contribution is -2.42. The van der Waals surface area contributed by atoms with Crippen LogP contribution in [0.4, 0.5) is 0 Å². The number of benzene rings is 1. The Morgan fingerprint density at radius 1 is 1.29 bits per heavy atom. The lowest BCUT2D eigenvalue weighted by atomic mass is 10.1. The molecule has 0 aliphatic rings. The van der Waals surface area contributed by atoms with E-state index in [9.17, 15) is 4.79 Å². The molecule has 1 aromatic heterocycles. The number of amides is 1. The van der Waals surface area contributed by atoms with Crippen LogP contribution in [0.25, 0.3) is 10.9 Å². The molecule has 0 bridgehead atoms. The number of fused-ring (bicyclic) bond motifs is 1. The van der Waals surface area contributed by atoms with Crippen molar-refractivity contribution in [2.24, 2.45) is 0 Å². The van der Waals surface area contributed by atoms with E-state index in [-0.39, 0.29) is 11.4 Å². The summed E-state index contributed by atoms with van der Waals surface area (Å²) >= 11 is 0. The number of nitrogens with zero attached hydrogens (tertiary/aromatic N) is 1. The van der Waals surface area contributed by atoms with Crippen molar-refractivity contribution in [1.82, 2.24) is 9.88 Å². The van der Waals surface area contributed by atoms with Gasteiger partial charge in [-0.3, -0.25) is 4.79 Å². The van der Waals surface area contributed by atoms with E-state index in [4.69, 9.17) is 4.74 Å². The number of rotatable bonds is 5. The molecule has 0 saturated heterocycles. The highest BCUT2D eigenvalue weighted by atomic mass is 16.5. The Labute approximate surface area is 126 Å². The van der Waals surface area contributed by atoms with E-state index in [1.807, 2.05) is 55.8 Å². The van der Waals surface area contributed by atoms with Crippen LogP contribution in [-0.4, -0.2) is 22.6 Å². The minimum absolute atomic E-state index is 0.0197. The van der Waals surface area contributed by atoms with Gasteiger partial charge in [-0.2, -0.15) is 0 Å². The molecule has 4 heteroatoms. The minimum Gasteiger partial charge on any atom is -0.494 e. The van der Waals surface area contributed by atoms with Crippen LogP contribution < -0.4 is 10.1 Å². The van der Waals surface area contributed by atoms with Gasteiger partial charge in [0.25, 0.3) is 0 Å². The van der Waals surface area contributed by atoms with Gasteiger partial charge in [0, 0.05) is 22.6 Å². The molecule has 0 aliphatic heterocycles. The van der Waals surface area contributed by atoms with E-state index in [0.29, 0.717) is 6.54 Å². The van der Waals surface area contributed by atoms with Crippen molar-refractivity contribution in [1.29, 1.82) is 0 Å². The van der Waals surface area contributed by atoms with Gasteiger partial charge in [-0.15, -0.1) is 0 Å². The van der Waals surface area contributed by atoms with Crippen molar-refractivity contribution >= 4 is 16.8 Å². The van der Waals surface area contributed by atoms with Gasteiger partial charge < -0.3 is 14.6 Å². The third-order valence-corrected chi connectivity index (χ3v) is 3.04. The highest BCUT2D eigenvalue weighted by Gasteiger charge is 2.14. The highest BCUT2D eigenvalue weighted by molar-refractivity contribution is 5.84. The van der Waals surface area contributed by atoms with Crippen LogP contribution in [0.1, 0.15) is 34.1 Å². The molecule has 0 unspecified atom stereocenters. The number of hydrogen-bond acceptors (Lipinski definition) is 2. The maximum atomic E-state index is 12.0. The Balaban J connectivity index is 2.13. The largest absolute Gasteiger partial charge is 0.494 e. The molecule has 1 N–H and O–H groups in total. The summed E-state index contributed by atoms with van der Waals surface area (Å²) in [5, 5.41) is 4.07. The number of nitrogens with one attached hydrogen (secondary N) is 1. The van der Waals surface area contributed by atoms with Crippen LogP contribution in [0, 0.1) is 0 Å². The smallest absolute Gasteiger partial charge is 0.240 e. The van der Waals surface area contributed by atoms with Crippen LogP contribution in [0.15, 0.2) is 30.5 Å². The predicted molar refractivity (Wildman–Crippen MR) is 85.6 cm³/mol. The monoisotopic (exact) mass is 288 g/mol. The summed E-state index contributed by atoms with van der Waals surface area (Å²) in [6.07, 6.45) is 2.93. The van der Waals surface area contributed by atoms with Gasteiger partial charge in [0.05, 0.1) is 6.61 Å². The molecule has 0 fully saturated rings. The lowest BCUT2D eigenvalue weighted by Gasteiger charge is -2.20. The summed E-state index contributed by atoms with van der Waals surface area (Å²) in [6.45, 7) is 9.08. The third-order valence-electron chi connectivity index (χ3n) is 3.04. The quantitative estimate of drug-likeness (QED) is 0.917. The summed E-state index contributed by atoms with van der Waals surface area (Å²) in [7, 11) is 0. The van der Waals surface area contributed by atoms with Gasteiger partial charge in [0.15, 0.2) is 0 Å². The molecular weight excluding hydrogens is 264 g/mol. The molecular formula is C17H24N2O2. The zero-order valence-electron chi connectivity index (χ0n) is 13.3. The normalized spacial score (nSPS) is 11.6.